The highest BCUT2D eigenvalue weighted by molar-refractivity contribution is 5.89. The van der Waals surface area contributed by atoms with E-state index in [9.17, 15) is 9.90 Å². The van der Waals surface area contributed by atoms with Gasteiger partial charge in [-0.15, -0.1) is 0 Å². The maximum atomic E-state index is 11.8. The summed E-state index contributed by atoms with van der Waals surface area (Å²) in [5.74, 6) is -0.429. The quantitative estimate of drug-likeness (QED) is 0.754. The highest BCUT2D eigenvalue weighted by Crippen LogP contribution is 2.23. The summed E-state index contributed by atoms with van der Waals surface area (Å²) in [6.45, 7) is 1.76. The van der Waals surface area contributed by atoms with Crippen molar-refractivity contribution in [3.05, 3.63) is 71.2 Å². The van der Waals surface area contributed by atoms with Crippen molar-refractivity contribution in [2.75, 3.05) is 7.11 Å². The number of nitrogens with zero attached hydrogens (tertiary/aromatic N) is 2. The molecule has 5 heteroatoms. The van der Waals surface area contributed by atoms with Crippen LogP contribution in [0.1, 0.15) is 33.4 Å². The van der Waals surface area contributed by atoms with Gasteiger partial charge in [0.25, 0.3) is 0 Å². The third-order valence-corrected chi connectivity index (χ3v) is 3.63. The summed E-state index contributed by atoms with van der Waals surface area (Å²) in [5.41, 5.74) is 3.13. The van der Waals surface area contributed by atoms with Crippen LogP contribution in [-0.2, 0) is 4.74 Å². The number of pyridine rings is 1. The smallest absolute Gasteiger partial charge is 0.356 e. The van der Waals surface area contributed by atoms with E-state index in [1.165, 1.54) is 7.11 Å². The van der Waals surface area contributed by atoms with Gasteiger partial charge in [-0.2, -0.15) is 0 Å². The molecule has 0 aliphatic carbocycles. The van der Waals surface area contributed by atoms with E-state index in [1.807, 2.05) is 30.3 Å². The molecule has 0 saturated heterocycles. The lowest BCUT2D eigenvalue weighted by atomic mass is 10.0. The van der Waals surface area contributed by atoms with E-state index in [0.29, 0.717) is 17.0 Å². The number of ether oxygens (including phenoxy) is 1. The summed E-state index contributed by atoms with van der Waals surface area (Å²) in [6.07, 6.45) is 0.994. The average molecular weight is 296 g/mol. The molecule has 0 fully saturated rings. The molecule has 5 nitrogen and oxygen atoms in total. The monoisotopic (exact) mass is 296 g/mol. The second-order valence-corrected chi connectivity index (χ2v) is 5.04. The fraction of sp³-hybridized carbons (Fsp3) is 0.176. The number of aryl methyl sites for hydroxylation is 1. The van der Waals surface area contributed by atoms with Gasteiger partial charge < -0.3 is 9.84 Å². The Bertz CT molecular complexity index is 825. The molecule has 0 aliphatic heterocycles. The molecule has 2 aromatic heterocycles. The third kappa shape index (κ3) is 2.35. The number of hydrogen-bond donors (Lipinski definition) is 1. The van der Waals surface area contributed by atoms with Crippen molar-refractivity contribution in [1.82, 2.24) is 9.38 Å². The van der Waals surface area contributed by atoms with Gasteiger partial charge in [-0.1, -0.05) is 30.3 Å². The molecule has 1 atom stereocenters. The normalized spacial score (nSPS) is 12.3. The number of methoxy groups -OCH3 is 1. The van der Waals surface area contributed by atoms with Gasteiger partial charge in [-0.3, -0.25) is 4.40 Å². The van der Waals surface area contributed by atoms with Gasteiger partial charge in [0.1, 0.15) is 11.8 Å². The standard InChI is InChI=1S/C17H16N2O3/c1-11-15(17(21)22-2)19-9-8-13(10-14(19)18-11)16(20)12-6-4-3-5-7-12/h3-10,16,20H,1-2H3. The lowest BCUT2D eigenvalue weighted by molar-refractivity contribution is 0.0592. The zero-order valence-corrected chi connectivity index (χ0v) is 12.4. The Kier molecular flexibility index (Phi) is 3.65. The molecule has 0 bridgehead atoms. The second-order valence-electron chi connectivity index (χ2n) is 5.04. The van der Waals surface area contributed by atoms with Crippen molar-refractivity contribution >= 4 is 11.6 Å². The van der Waals surface area contributed by atoms with Crippen molar-refractivity contribution < 1.29 is 14.6 Å². The van der Waals surface area contributed by atoms with Crippen LogP contribution in [0.4, 0.5) is 0 Å². The first-order valence-corrected chi connectivity index (χ1v) is 6.91. The Labute approximate surface area is 127 Å². The Morgan fingerprint density at radius 2 is 1.95 bits per heavy atom. The molecule has 112 valence electrons. The van der Waals surface area contributed by atoms with E-state index in [-0.39, 0.29) is 0 Å². The summed E-state index contributed by atoms with van der Waals surface area (Å²) in [4.78, 5) is 16.2. The van der Waals surface area contributed by atoms with Crippen LogP contribution in [0.2, 0.25) is 0 Å². The maximum Gasteiger partial charge on any atom is 0.356 e. The van der Waals surface area contributed by atoms with E-state index in [0.717, 1.165) is 11.1 Å². The molecule has 0 amide bonds. The molecule has 0 aliphatic rings. The predicted octanol–water partition coefficient (Wildman–Crippen LogP) is 2.51. The number of imidazole rings is 1. The number of rotatable bonds is 3. The summed E-state index contributed by atoms with van der Waals surface area (Å²) >= 11 is 0. The van der Waals surface area contributed by atoms with Crippen LogP contribution in [-0.4, -0.2) is 27.6 Å². The topological polar surface area (TPSA) is 63.8 Å². The van der Waals surface area contributed by atoms with Crippen molar-refractivity contribution in [2.45, 2.75) is 13.0 Å². The first kappa shape index (κ1) is 14.3. The molecule has 0 radical (unpaired) electrons. The first-order valence-electron chi connectivity index (χ1n) is 6.91. The van der Waals surface area contributed by atoms with Crippen LogP contribution in [0.3, 0.4) is 0 Å². The minimum atomic E-state index is -0.732. The second kappa shape index (κ2) is 5.61. The van der Waals surface area contributed by atoms with E-state index in [2.05, 4.69) is 4.98 Å². The highest BCUT2D eigenvalue weighted by Gasteiger charge is 2.18. The molecule has 2 heterocycles. The minimum absolute atomic E-state index is 0.401. The van der Waals surface area contributed by atoms with Gasteiger partial charge >= 0.3 is 5.97 Å². The number of esters is 1. The predicted molar refractivity (Wildman–Crippen MR) is 81.8 cm³/mol. The first-order chi connectivity index (χ1) is 10.6. The van der Waals surface area contributed by atoms with E-state index in [1.54, 1.807) is 29.7 Å². The van der Waals surface area contributed by atoms with Gasteiger partial charge in [0, 0.05) is 6.20 Å². The third-order valence-electron chi connectivity index (χ3n) is 3.63. The summed E-state index contributed by atoms with van der Waals surface area (Å²) in [5, 5.41) is 10.5. The molecular weight excluding hydrogens is 280 g/mol. The fourth-order valence-electron chi connectivity index (χ4n) is 2.52. The van der Waals surface area contributed by atoms with Crippen LogP contribution in [0.25, 0.3) is 5.65 Å². The van der Waals surface area contributed by atoms with Gasteiger partial charge in [0.2, 0.25) is 0 Å². The van der Waals surface area contributed by atoms with E-state index in [4.69, 9.17) is 4.74 Å². The van der Waals surface area contributed by atoms with Crippen LogP contribution in [0.5, 0.6) is 0 Å². The van der Waals surface area contributed by atoms with Gasteiger partial charge in [0.15, 0.2) is 5.69 Å². The number of fused-ring (bicyclic) bond motifs is 1. The van der Waals surface area contributed by atoms with Gasteiger partial charge in [-0.25, -0.2) is 9.78 Å². The minimum Gasteiger partial charge on any atom is -0.464 e. The summed E-state index contributed by atoms with van der Waals surface area (Å²) < 4.78 is 6.45. The van der Waals surface area contributed by atoms with E-state index >= 15 is 0 Å². The van der Waals surface area contributed by atoms with E-state index < -0.39 is 12.1 Å². The number of hydrogen-bond acceptors (Lipinski definition) is 4. The van der Waals surface area contributed by atoms with Crippen LogP contribution >= 0.6 is 0 Å². The fourth-order valence-corrected chi connectivity index (χ4v) is 2.52. The lowest BCUT2D eigenvalue weighted by Crippen LogP contribution is -2.07. The zero-order chi connectivity index (χ0) is 15.7. The number of carbonyl (C=O) groups excluding carboxylic acids is 1. The summed E-state index contributed by atoms with van der Waals surface area (Å²) in [6, 6.07) is 12.9. The van der Waals surface area contributed by atoms with Gasteiger partial charge in [-0.05, 0) is 30.2 Å². The molecule has 3 rings (SSSR count). The molecule has 0 spiro atoms. The lowest BCUT2D eigenvalue weighted by Gasteiger charge is -2.11. The SMILES string of the molecule is COC(=O)c1c(C)nc2cc(C(O)c3ccccc3)ccn12. The Hall–Kier alpha value is -2.66. The van der Waals surface area contributed by atoms with Crippen LogP contribution in [0.15, 0.2) is 48.7 Å². The molecule has 1 N–H and O–H groups in total. The number of aliphatic hydroxyl groups excluding tert-OH is 1. The van der Waals surface area contributed by atoms with Crippen molar-refractivity contribution in [1.29, 1.82) is 0 Å². The van der Waals surface area contributed by atoms with Crippen LogP contribution in [0, 0.1) is 6.92 Å². The highest BCUT2D eigenvalue weighted by atomic mass is 16.5. The number of benzene rings is 1. The van der Waals surface area contributed by atoms with Crippen LogP contribution < -0.4 is 0 Å². The Balaban J connectivity index is 2.06. The zero-order valence-electron chi connectivity index (χ0n) is 12.4. The molecule has 3 aromatic rings. The van der Waals surface area contributed by atoms with Gasteiger partial charge in [0.05, 0.1) is 12.8 Å². The maximum absolute atomic E-state index is 11.8. The number of aliphatic hydroxyl groups is 1. The molecule has 0 saturated carbocycles. The Morgan fingerprint density at radius 3 is 2.64 bits per heavy atom. The number of carbonyl (C=O) groups is 1. The molecule has 1 aromatic carbocycles. The van der Waals surface area contributed by atoms with Crippen molar-refractivity contribution in [2.24, 2.45) is 0 Å². The largest absolute Gasteiger partial charge is 0.464 e. The summed E-state index contributed by atoms with van der Waals surface area (Å²) in [7, 11) is 1.34. The Morgan fingerprint density at radius 1 is 1.23 bits per heavy atom. The molecule has 22 heavy (non-hydrogen) atoms. The average Bonchev–Trinajstić information content (AvgIpc) is 2.89. The van der Waals surface area contributed by atoms with Crippen molar-refractivity contribution in [3.63, 3.8) is 0 Å². The van der Waals surface area contributed by atoms with Crippen molar-refractivity contribution in [3.8, 4) is 0 Å². The number of aromatic nitrogens is 2. The molecular formula is C17H16N2O3. The molecule has 1 unspecified atom stereocenters.